The molecule has 2 N–H and O–H groups in total. The molecule has 4 rings (SSSR count). The molecule has 0 fully saturated rings. The maximum Gasteiger partial charge on any atom is 0.253 e. The van der Waals surface area contributed by atoms with Gasteiger partial charge in [0.1, 0.15) is 11.5 Å². The van der Waals surface area contributed by atoms with Crippen molar-refractivity contribution in [3.8, 4) is 11.5 Å². The third-order valence-electron chi connectivity index (χ3n) is 4.99. The van der Waals surface area contributed by atoms with Gasteiger partial charge in [-0.15, -0.1) is 0 Å². The molecule has 0 aliphatic carbocycles. The minimum atomic E-state index is -0.367. The Morgan fingerprint density at radius 1 is 0.971 bits per heavy atom. The molecule has 4 aromatic rings. The lowest BCUT2D eigenvalue weighted by atomic mass is 10.1. The number of hydrogen-bond acceptors (Lipinski definition) is 5. The van der Waals surface area contributed by atoms with E-state index >= 15 is 0 Å². The molecule has 1 amide bonds. The number of carbonyl (C=O) groups excluding carboxylic acids is 1. The maximum absolute atomic E-state index is 12.5. The quantitative estimate of drug-likeness (QED) is 0.368. The fourth-order valence-corrected chi connectivity index (χ4v) is 3.43. The summed E-state index contributed by atoms with van der Waals surface area (Å²) in [5.41, 5.74) is 2.09. The smallest absolute Gasteiger partial charge is 0.253 e. The van der Waals surface area contributed by atoms with Crippen LogP contribution in [0.5, 0.6) is 11.5 Å². The Hall–Kier alpha value is -4.23. The molecule has 2 aromatic carbocycles. The molecule has 170 valence electrons. The molecule has 0 radical (unpaired) electrons. The first-order valence-electron chi connectivity index (χ1n) is 10.5. The Balaban J connectivity index is 1.36. The highest BCUT2D eigenvalue weighted by Crippen LogP contribution is 2.22. The number of amides is 1. The van der Waals surface area contributed by atoms with E-state index in [0.29, 0.717) is 34.2 Å². The van der Waals surface area contributed by atoms with Crippen molar-refractivity contribution in [2.75, 3.05) is 6.54 Å². The fourth-order valence-electron chi connectivity index (χ4n) is 3.23. The van der Waals surface area contributed by atoms with Gasteiger partial charge in [0, 0.05) is 23.5 Å². The molecule has 8 heteroatoms. The van der Waals surface area contributed by atoms with Gasteiger partial charge in [-0.05, 0) is 47.5 Å². The van der Waals surface area contributed by atoms with Crippen LogP contribution in [0.4, 0.5) is 0 Å². The van der Waals surface area contributed by atoms with Crippen molar-refractivity contribution in [3.63, 3.8) is 0 Å². The minimum absolute atomic E-state index is 0.0518. The van der Waals surface area contributed by atoms with Gasteiger partial charge in [0.15, 0.2) is 0 Å². The van der Waals surface area contributed by atoms with Gasteiger partial charge in [-0.2, -0.15) is 0 Å². The van der Waals surface area contributed by atoms with E-state index in [1.54, 1.807) is 59.3 Å². The summed E-state index contributed by atoms with van der Waals surface area (Å²) in [6, 6.07) is 20.9. The Bertz CT molecular complexity index is 1380. The molecule has 0 saturated carbocycles. The second-order valence-corrected chi connectivity index (χ2v) is 7.93. The summed E-state index contributed by atoms with van der Waals surface area (Å²) in [5.74, 6) is 0.615. The number of nitrogens with one attached hydrogen (secondary N) is 2. The van der Waals surface area contributed by atoms with Crippen LogP contribution in [-0.4, -0.2) is 27.7 Å². The zero-order valence-corrected chi connectivity index (χ0v) is 18.8. The lowest BCUT2D eigenvalue weighted by Gasteiger charge is -2.10. The van der Waals surface area contributed by atoms with E-state index in [1.165, 1.54) is 18.5 Å². The molecule has 0 aliphatic rings. The van der Waals surface area contributed by atoms with Crippen LogP contribution >= 0.6 is 11.6 Å². The van der Waals surface area contributed by atoms with Gasteiger partial charge in [-0.25, -0.2) is 0 Å². The second kappa shape index (κ2) is 10.6. The topological polar surface area (TPSA) is 97.1 Å². The third kappa shape index (κ3) is 5.96. The van der Waals surface area contributed by atoms with Crippen LogP contribution in [0.15, 0.2) is 96.2 Å². The van der Waals surface area contributed by atoms with E-state index in [4.69, 9.17) is 21.7 Å². The highest BCUT2D eigenvalue weighted by Gasteiger charge is 2.10. The average Bonchev–Trinajstić information content (AvgIpc) is 2.85. The SMILES string of the molecule is N=C(CNC(=O)c1cncc(Oc2ccc(Cn3ccccc3=O)cc2)c1)c1cccc(Cl)c1. The van der Waals surface area contributed by atoms with Crippen molar-refractivity contribution in [1.82, 2.24) is 14.9 Å². The fraction of sp³-hybridized carbons (Fsp3) is 0.0769. The summed E-state index contributed by atoms with van der Waals surface area (Å²) in [5, 5.41) is 11.4. The molecular weight excluding hydrogens is 452 g/mol. The van der Waals surface area contributed by atoms with Gasteiger partial charge < -0.3 is 20.0 Å². The van der Waals surface area contributed by atoms with Crippen molar-refractivity contribution < 1.29 is 9.53 Å². The molecule has 0 aliphatic heterocycles. The van der Waals surface area contributed by atoms with E-state index < -0.39 is 0 Å². The van der Waals surface area contributed by atoms with Crippen molar-refractivity contribution in [1.29, 1.82) is 5.41 Å². The van der Waals surface area contributed by atoms with Gasteiger partial charge in [0.2, 0.25) is 0 Å². The average molecular weight is 473 g/mol. The zero-order chi connectivity index (χ0) is 23.9. The van der Waals surface area contributed by atoms with Crippen LogP contribution in [0.3, 0.4) is 0 Å². The van der Waals surface area contributed by atoms with Crippen LogP contribution in [0.25, 0.3) is 0 Å². The lowest BCUT2D eigenvalue weighted by Crippen LogP contribution is -2.29. The first-order valence-corrected chi connectivity index (χ1v) is 10.8. The number of aromatic nitrogens is 2. The molecule has 0 atom stereocenters. The predicted octanol–water partition coefficient (Wildman–Crippen LogP) is 4.54. The zero-order valence-electron chi connectivity index (χ0n) is 18.1. The van der Waals surface area contributed by atoms with E-state index in [0.717, 1.165) is 5.56 Å². The number of nitrogens with zero attached hydrogens (tertiary/aromatic N) is 2. The van der Waals surface area contributed by atoms with Crippen LogP contribution < -0.4 is 15.6 Å². The molecular formula is C26H21ClN4O3. The molecule has 0 bridgehead atoms. The molecule has 0 spiro atoms. The molecule has 0 unspecified atom stereocenters. The van der Waals surface area contributed by atoms with Crippen LogP contribution in [0, 0.1) is 5.41 Å². The van der Waals surface area contributed by atoms with Crippen molar-refractivity contribution >= 4 is 23.2 Å². The summed E-state index contributed by atoms with van der Waals surface area (Å²) in [4.78, 5) is 28.5. The van der Waals surface area contributed by atoms with Crippen LogP contribution in [-0.2, 0) is 6.54 Å². The van der Waals surface area contributed by atoms with E-state index in [1.807, 2.05) is 18.2 Å². The number of halogens is 1. The minimum Gasteiger partial charge on any atom is -0.456 e. The van der Waals surface area contributed by atoms with Crippen molar-refractivity contribution in [2.24, 2.45) is 0 Å². The van der Waals surface area contributed by atoms with E-state index in [-0.39, 0.29) is 23.7 Å². The Morgan fingerprint density at radius 3 is 2.56 bits per heavy atom. The monoisotopic (exact) mass is 472 g/mol. The first-order chi connectivity index (χ1) is 16.5. The second-order valence-electron chi connectivity index (χ2n) is 7.49. The van der Waals surface area contributed by atoms with Gasteiger partial charge in [0.05, 0.1) is 30.6 Å². The molecule has 0 saturated heterocycles. The lowest BCUT2D eigenvalue weighted by molar-refractivity contribution is 0.0958. The van der Waals surface area contributed by atoms with Gasteiger partial charge in [-0.3, -0.25) is 14.6 Å². The molecule has 34 heavy (non-hydrogen) atoms. The van der Waals surface area contributed by atoms with Crippen molar-refractivity contribution in [2.45, 2.75) is 6.54 Å². The summed E-state index contributed by atoms with van der Waals surface area (Å²) in [6.07, 6.45) is 4.69. The number of ether oxygens (including phenoxy) is 1. The van der Waals surface area contributed by atoms with Crippen molar-refractivity contribution in [3.05, 3.63) is 123 Å². The number of carbonyl (C=O) groups is 1. The summed E-state index contributed by atoms with van der Waals surface area (Å²) in [7, 11) is 0. The number of benzene rings is 2. The Morgan fingerprint density at radius 2 is 1.79 bits per heavy atom. The van der Waals surface area contributed by atoms with Gasteiger partial charge in [-0.1, -0.05) is 41.9 Å². The number of pyridine rings is 2. The summed E-state index contributed by atoms with van der Waals surface area (Å²) in [6.45, 7) is 0.511. The predicted molar refractivity (Wildman–Crippen MR) is 131 cm³/mol. The van der Waals surface area contributed by atoms with Gasteiger partial charge in [0.25, 0.3) is 11.5 Å². The van der Waals surface area contributed by atoms with E-state index in [2.05, 4.69) is 10.3 Å². The highest BCUT2D eigenvalue weighted by atomic mass is 35.5. The Kier molecular flexibility index (Phi) is 7.15. The maximum atomic E-state index is 12.5. The standard InChI is InChI=1S/C26H21ClN4O3/c27-21-5-3-4-19(12-21)24(28)16-30-26(33)20-13-23(15-29-14-20)34-22-9-7-18(8-10-22)17-31-11-2-1-6-25(31)32/h1-15,28H,16-17H2,(H,30,33). The molecule has 7 nitrogen and oxygen atoms in total. The largest absolute Gasteiger partial charge is 0.456 e. The van der Waals surface area contributed by atoms with Crippen LogP contribution in [0.2, 0.25) is 5.02 Å². The number of rotatable bonds is 8. The van der Waals surface area contributed by atoms with Gasteiger partial charge >= 0.3 is 0 Å². The summed E-state index contributed by atoms with van der Waals surface area (Å²) >= 11 is 5.96. The molecule has 2 heterocycles. The van der Waals surface area contributed by atoms with Crippen LogP contribution in [0.1, 0.15) is 21.5 Å². The highest BCUT2D eigenvalue weighted by molar-refractivity contribution is 6.31. The van der Waals surface area contributed by atoms with E-state index in [9.17, 15) is 9.59 Å². The normalized spacial score (nSPS) is 10.5. The summed E-state index contributed by atoms with van der Waals surface area (Å²) < 4.78 is 7.46. The third-order valence-corrected chi connectivity index (χ3v) is 5.22. The Labute approximate surface area is 201 Å². The number of hydrogen-bond donors (Lipinski definition) is 2. The molecule has 2 aromatic heterocycles. The first kappa shape index (κ1) is 22.9.